The molecule has 0 spiro atoms. The molecule has 1 aromatic heterocycles. The summed E-state index contributed by atoms with van der Waals surface area (Å²) in [5.74, 6) is -1.54. The fraction of sp³-hybridized carbons (Fsp3) is 0.0952. The first-order chi connectivity index (χ1) is 16.0. The monoisotopic (exact) mass is 494 g/mol. The molecule has 13 heteroatoms. The van der Waals surface area contributed by atoms with Gasteiger partial charge in [0.05, 0.1) is 23.3 Å². The number of halogens is 3. The molecule has 0 aliphatic rings. The van der Waals surface area contributed by atoms with Gasteiger partial charge in [0, 0.05) is 11.8 Å². The number of methoxy groups -OCH3 is 1. The fourth-order valence-electron chi connectivity index (χ4n) is 2.68. The van der Waals surface area contributed by atoms with E-state index in [9.17, 15) is 31.2 Å². The van der Waals surface area contributed by atoms with Gasteiger partial charge in [0.2, 0.25) is 0 Å². The Morgan fingerprint density at radius 2 is 1.65 bits per heavy atom. The van der Waals surface area contributed by atoms with Gasteiger partial charge in [-0.25, -0.2) is 8.42 Å². The number of para-hydroxylation sites is 2. The highest BCUT2D eigenvalue weighted by Gasteiger charge is 2.31. The van der Waals surface area contributed by atoms with Crippen LogP contribution in [0.5, 0.6) is 5.75 Å². The molecule has 0 radical (unpaired) electrons. The van der Waals surface area contributed by atoms with E-state index < -0.39 is 33.6 Å². The van der Waals surface area contributed by atoms with E-state index in [0.717, 1.165) is 12.1 Å². The Hall–Kier alpha value is -4.13. The van der Waals surface area contributed by atoms with Crippen LogP contribution in [0.2, 0.25) is 0 Å². The van der Waals surface area contributed by atoms with Gasteiger partial charge >= 0.3 is 6.18 Å². The van der Waals surface area contributed by atoms with Gasteiger partial charge in [-0.1, -0.05) is 18.2 Å². The zero-order chi connectivity index (χ0) is 24.9. The molecule has 2 amide bonds. The van der Waals surface area contributed by atoms with Crippen molar-refractivity contribution >= 4 is 27.5 Å². The predicted octanol–water partition coefficient (Wildman–Crippen LogP) is 2.98. The molecule has 178 valence electrons. The summed E-state index contributed by atoms with van der Waals surface area (Å²) in [4.78, 5) is 27.6. The van der Waals surface area contributed by atoms with Crippen molar-refractivity contribution in [3.8, 4) is 5.75 Å². The number of pyridine rings is 1. The standard InChI is InChI=1S/C21H17F3N4O5S/c1-33-18-8-3-2-7-16(18)28-34(31,32)15-6-4-5-13(11-15)19(29)26-27-20(30)17-10-9-14(12-25-17)21(22,23)24/h2-12,28H,1H3,(H,26,29)(H,27,30). The molecule has 0 saturated heterocycles. The van der Waals surface area contributed by atoms with Crippen LogP contribution in [0.4, 0.5) is 18.9 Å². The number of nitrogens with zero attached hydrogens (tertiary/aromatic N) is 1. The summed E-state index contributed by atoms with van der Waals surface area (Å²) >= 11 is 0. The second-order valence-corrected chi connectivity index (χ2v) is 8.35. The molecule has 0 unspecified atom stereocenters. The van der Waals surface area contributed by atoms with Gasteiger partial charge in [0.1, 0.15) is 11.4 Å². The summed E-state index contributed by atoms with van der Waals surface area (Å²) in [6, 6.07) is 12.8. The largest absolute Gasteiger partial charge is 0.495 e. The van der Waals surface area contributed by atoms with Crippen molar-refractivity contribution in [2.24, 2.45) is 0 Å². The van der Waals surface area contributed by atoms with Gasteiger partial charge in [0.25, 0.3) is 21.8 Å². The molecule has 34 heavy (non-hydrogen) atoms. The third-order valence-electron chi connectivity index (χ3n) is 4.37. The number of anilines is 1. The zero-order valence-corrected chi connectivity index (χ0v) is 18.2. The Bertz CT molecular complexity index is 1310. The van der Waals surface area contributed by atoms with Crippen LogP contribution in [0.25, 0.3) is 0 Å². The Kier molecular flexibility index (Phi) is 7.05. The maximum absolute atomic E-state index is 12.7. The third-order valence-corrected chi connectivity index (χ3v) is 5.73. The number of hydrazine groups is 1. The summed E-state index contributed by atoms with van der Waals surface area (Å²) in [6.07, 6.45) is -4.12. The van der Waals surface area contributed by atoms with Gasteiger partial charge in [-0.05, 0) is 42.5 Å². The minimum atomic E-state index is -4.61. The van der Waals surface area contributed by atoms with E-state index in [0.29, 0.717) is 18.0 Å². The number of hydrogen-bond donors (Lipinski definition) is 3. The van der Waals surface area contributed by atoms with E-state index >= 15 is 0 Å². The molecule has 0 saturated carbocycles. The second kappa shape index (κ2) is 9.79. The summed E-state index contributed by atoms with van der Waals surface area (Å²) in [7, 11) is -2.71. The number of benzene rings is 2. The van der Waals surface area contributed by atoms with Gasteiger partial charge in [-0.3, -0.25) is 30.1 Å². The molecule has 0 bridgehead atoms. The lowest BCUT2D eigenvalue weighted by atomic mass is 10.2. The number of carbonyl (C=O) groups excluding carboxylic acids is 2. The Labute approximate surface area is 192 Å². The average molecular weight is 494 g/mol. The van der Waals surface area contributed by atoms with Crippen LogP contribution in [-0.2, 0) is 16.2 Å². The van der Waals surface area contributed by atoms with Crippen LogP contribution in [0.3, 0.4) is 0 Å². The Balaban J connectivity index is 1.69. The molecular weight excluding hydrogens is 477 g/mol. The molecule has 0 fully saturated rings. The summed E-state index contributed by atoms with van der Waals surface area (Å²) < 4.78 is 70.7. The highest BCUT2D eigenvalue weighted by molar-refractivity contribution is 7.92. The predicted molar refractivity (Wildman–Crippen MR) is 114 cm³/mol. The number of nitrogens with one attached hydrogen (secondary N) is 3. The summed E-state index contributed by atoms with van der Waals surface area (Å²) in [5.41, 5.74) is 2.74. The number of hydrogen-bond acceptors (Lipinski definition) is 6. The SMILES string of the molecule is COc1ccccc1NS(=O)(=O)c1cccc(C(=O)NNC(=O)c2ccc(C(F)(F)F)cn2)c1. The van der Waals surface area contributed by atoms with Gasteiger partial charge in [0.15, 0.2) is 0 Å². The first-order valence-corrected chi connectivity index (χ1v) is 10.9. The minimum absolute atomic E-state index is 0.108. The topological polar surface area (TPSA) is 126 Å². The maximum atomic E-state index is 12.7. The van der Waals surface area contributed by atoms with E-state index in [4.69, 9.17) is 4.74 Å². The number of carbonyl (C=O) groups is 2. The van der Waals surface area contributed by atoms with Gasteiger partial charge < -0.3 is 4.74 Å². The number of rotatable bonds is 6. The van der Waals surface area contributed by atoms with Crippen LogP contribution in [-0.4, -0.2) is 32.3 Å². The lowest BCUT2D eigenvalue weighted by Crippen LogP contribution is -2.42. The maximum Gasteiger partial charge on any atom is 0.417 e. The van der Waals surface area contributed by atoms with Crippen molar-refractivity contribution in [2.45, 2.75) is 11.1 Å². The summed E-state index contributed by atoms with van der Waals surface area (Å²) in [5, 5.41) is 0. The third kappa shape index (κ3) is 5.81. The molecule has 3 rings (SSSR count). The van der Waals surface area contributed by atoms with E-state index in [1.807, 2.05) is 5.43 Å². The Morgan fingerprint density at radius 1 is 0.941 bits per heavy atom. The van der Waals surface area contributed by atoms with Crippen LogP contribution in [0.15, 0.2) is 71.8 Å². The normalized spacial score (nSPS) is 11.4. The van der Waals surface area contributed by atoms with Gasteiger partial charge in [-0.2, -0.15) is 13.2 Å². The molecule has 9 nitrogen and oxygen atoms in total. The van der Waals surface area contributed by atoms with Crippen molar-refractivity contribution in [1.29, 1.82) is 0 Å². The van der Waals surface area contributed by atoms with Crippen LogP contribution in [0.1, 0.15) is 26.4 Å². The summed E-state index contributed by atoms with van der Waals surface area (Å²) in [6.45, 7) is 0. The number of aromatic nitrogens is 1. The van der Waals surface area contributed by atoms with E-state index in [-0.39, 0.29) is 21.8 Å². The molecule has 0 aliphatic carbocycles. The fourth-order valence-corrected chi connectivity index (χ4v) is 3.80. The number of amides is 2. The molecule has 3 N–H and O–H groups in total. The smallest absolute Gasteiger partial charge is 0.417 e. The first-order valence-electron chi connectivity index (χ1n) is 9.41. The number of sulfonamides is 1. The van der Waals surface area contributed by atoms with E-state index in [1.54, 1.807) is 18.2 Å². The van der Waals surface area contributed by atoms with Crippen LogP contribution < -0.4 is 20.3 Å². The first kappa shape index (κ1) is 24.5. The molecule has 0 aliphatic heterocycles. The molecule has 0 atom stereocenters. The van der Waals surface area contributed by atoms with Gasteiger partial charge in [-0.15, -0.1) is 0 Å². The van der Waals surface area contributed by atoms with E-state index in [1.165, 1.54) is 31.4 Å². The van der Waals surface area contributed by atoms with Crippen molar-refractivity contribution in [3.05, 3.63) is 83.7 Å². The number of ether oxygens (including phenoxy) is 1. The molecular formula is C21H17F3N4O5S. The minimum Gasteiger partial charge on any atom is -0.495 e. The highest BCUT2D eigenvalue weighted by atomic mass is 32.2. The molecule has 2 aromatic carbocycles. The quantitative estimate of drug-likeness (QED) is 0.453. The van der Waals surface area contributed by atoms with Crippen molar-refractivity contribution in [3.63, 3.8) is 0 Å². The van der Waals surface area contributed by atoms with Crippen molar-refractivity contribution in [1.82, 2.24) is 15.8 Å². The van der Waals surface area contributed by atoms with Crippen molar-refractivity contribution < 1.29 is 35.9 Å². The van der Waals surface area contributed by atoms with Crippen LogP contribution >= 0.6 is 0 Å². The number of alkyl halides is 3. The lowest BCUT2D eigenvalue weighted by molar-refractivity contribution is -0.137. The Morgan fingerprint density at radius 3 is 2.29 bits per heavy atom. The average Bonchev–Trinajstić information content (AvgIpc) is 2.82. The molecule has 1 heterocycles. The van der Waals surface area contributed by atoms with E-state index in [2.05, 4.69) is 15.1 Å². The second-order valence-electron chi connectivity index (χ2n) is 6.67. The van der Waals surface area contributed by atoms with Crippen molar-refractivity contribution in [2.75, 3.05) is 11.8 Å². The molecule has 3 aromatic rings. The lowest BCUT2D eigenvalue weighted by Gasteiger charge is -2.12. The zero-order valence-electron chi connectivity index (χ0n) is 17.4. The van der Waals surface area contributed by atoms with Crippen LogP contribution in [0, 0.1) is 0 Å². The highest BCUT2D eigenvalue weighted by Crippen LogP contribution is 2.28.